The van der Waals surface area contributed by atoms with Gasteiger partial charge in [-0.05, 0) is 25.9 Å². The Morgan fingerprint density at radius 2 is 1.88 bits per heavy atom. The second-order valence-corrected chi connectivity index (χ2v) is 4.73. The van der Waals surface area contributed by atoms with Gasteiger partial charge in [0, 0.05) is 13.1 Å². The molecule has 4 heteroatoms. The zero-order valence-corrected chi connectivity index (χ0v) is 11.4. The fourth-order valence-corrected chi connectivity index (χ4v) is 2.62. The van der Waals surface area contributed by atoms with Crippen molar-refractivity contribution in [1.82, 2.24) is 10.2 Å². The lowest BCUT2D eigenvalue weighted by Crippen LogP contribution is -2.52. The van der Waals surface area contributed by atoms with Crippen molar-refractivity contribution in [3.05, 3.63) is 0 Å². The van der Waals surface area contributed by atoms with Gasteiger partial charge in [-0.3, -0.25) is 4.79 Å². The molecule has 0 bridgehead atoms. The Balaban J connectivity index is 2.43. The molecule has 1 aliphatic rings. The summed E-state index contributed by atoms with van der Waals surface area (Å²) in [4.78, 5) is 14.2. The minimum Gasteiger partial charge on any atom is -0.468 e. The molecule has 0 saturated heterocycles. The fourth-order valence-electron chi connectivity index (χ4n) is 2.62. The minimum absolute atomic E-state index is 0.0884. The van der Waals surface area contributed by atoms with Gasteiger partial charge in [-0.25, -0.2) is 0 Å². The van der Waals surface area contributed by atoms with Crippen molar-refractivity contribution in [2.75, 3.05) is 33.3 Å². The third-order valence-electron chi connectivity index (χ3n) is 3.82. The third kappa shape index (κ3) is 3.68. The van der Waals surface area contributed by atoms with Crippen molar-refractivity contribution in [3.63, 3.8) is 0 Å². The lowest BCUT2D eigenvalue weighted by Gasteiger charge is -2.28. The average molecular weight is 242 g/mol. The highest BCUT2D eigenvalue weighted by Gasteiger charge is 2.41. The number of methoxy groups -OCH3 is 1. The van der Waals surface area contributed by atoms with Crippen LogP contribution in [0.5, 0.6) is 0 Å². The molecule has 1 saturated carbocycles. The molecule has 0 aromatic rings. The molecule has 1 N–H and O–H groups in total. The van der Waals surface area contributed by atoms with E-state index in [9.17, 15) is 4.79 Å². The highest BCUT2D eigenvalue weighted by Crippen LogP contribution is 2.30. The molecule has 0 atom stereocenters. The van der Waals surface area contributed by atoms with Crippen LogP contribution in [0.1, 0.15) is 39.5 Å². The molecule has 0 radical (unpaired) electrons. The van der Waals surface area contributed by atoms with E-state index in [0.717, 1.165) is 51.9 Å². The zero-order chi connectivity index (χ0) is 12.7. The number of rotatable bonds is 7. The molecule has 100 valence electrons. The lowest BCUT2D eigenvalue weighted by atomic mass is 9.98. The SMILES string of the molecule is CCN(CC)CCNC1(C(=O)OC)CCCC1. The van der Waals surface area contributed by atoms with Crippen LogP contribution in [0.15, 0.2) is 0 Å². The standard InChI is InChI=1S/C13H26N2O2/c1-4-15(5-2)11-10-14-13(12(16)17-3)8-6-7-9-13/h14H,4-11H2,1-3H3. The Bertz CT molecular complexity index is 234. The van der Waals surface area contributed by atoms with Gasteiger partial charge in [0.25, 0.3) is 0 Å². The topological polar surface area (TPSA) is 41.6 Å². The smallest absolute Gasteiger partial charge is 0.326 e. The second-order valence-electron chi connectivity index (χ2n) is 4.73. The van der Waals surface area contributed by atoms with Gasteiger partial charge in [0.15, 0.2) is 0 Å². The van der Waals surface area contributed by atoms with Gasteiger partial charge in [-0.15, -0.1) is 0 Å². The summed E-state index contributed by atoms with van der Waals surface area (Å²) in [6, 6.07) is 0. The van der Waals surface area contributed by atoms with Crippen LogP contribution < -0.4 is 5.32 Å². The molecule has 0 spiro atoms. The van der Waals surface area contributed by atoms with E-state index in [1.165, 1.54) is 7.11 Å². The first kappa shape index (κ1) is 14.5. The predicted molar refractivity (Wildman–Crippen MR) is 69.0 cm³/mol. The molecule has 1 rings (SSSR count). The molecule has 4 nitrogen and oxygen atoms in total. The Hall–Kier alpha value is -0.610. The van der Waals surface area contributed by atoms with E-state index in [0.29, 0.717) is 0 Å². The van der Waals surface area contributed by atoms with Crippen molar-refractivity contribution in [3.8, 4) is 0 Å². The summed E-state index contributed by atoms with van der Waals surface area (Å²) in [6.07, 6.45) is 4.07. The van der Waals surface area contributed by atoms with Crippen LogP contribution in [0, 0.1) is 0 Å². The van der Waals surface area contributed by atoms with E-state index >= 15 is 0 Å². The number of hydrogen-bond donors (Lipinski definition) is 1. The largest absolute Gasteiger partial charge is 0.468 e. The second kappa shape index (κ2) is 6.97. The van der Waals surface area contributed by atoms with Crippen molar-refractivity contribution in [1.29, 1.82) is 0 Å². The number of hydrogen-bond acceptors (Lipinski definition) is 4. The van der Waals surface area contributed by atoms with Gasteiger partial charge in [-0.2, -0.15) is 0 Å². The Kier molecular flexibility index (Phi) is 5.92. The van der Waals surface area contributed by atoms with Crippen LogP contribution in [0.4, 0.5) is 0 Å². The van der Waals surface area contributed by atoms with Crippen LogP contribution in [0.25, 0.3) is 0 Å². The third-order valence-corrected chi connectivity index (χ3v) is 3.82. The van der Waals surface area contributed by atoms with E-state index in [-0.39, 0.29) is 5.97 Å². The Morgan fingerprint density at radius 3 is 2.35 bits per heavy atom. The number of esters is 1. The lowest BCUT2D eigenvalue weighted by molar-refractivity contribution is -0.148. The Labute approximate surface area is 105 Å². The highest BCUT2D eigenvalue weighted by molar-refractivity contribution is 5.81. The predicted octanol–water partition coefficient (Wildman–Crippen LogP) is 1.40. The number of likely N-dealkylation sites (N-methyl/N-ethyl adjacent to an activating group) is 1. The molecule has 1 aliphatic carbocycles. The number of carbonyl (C=O) groups is 1. The molecule has 0 aliphatic heterocycles. The first-order chi connectivity index (χ1) is 8.18. The van der Waals surface area contributed by atoms with Crippen molar-refractivity contribution >= 4 is 5.97 Å². The van der Waals surface area contributed by atoms with Crippen LogP contribution in [0.3, 0.4) is 0 Å². The summed E-state index contributed by atoms with van der Waals surface area (Å²) in [5.41, 5.74) is -0.401. The molecular formula is C13H26N2O2. The summed E-state index contributed by atoms with van der Waals surface area (Å²) in [5, 5.41) is 3.43. The van der Waals surface area contributed by atoms with Crippen LogP contribution >= 0.6 is 0 Å². The molecule has 0 heterocycles. The average Bonchev–Trinajstić information content (AvgIpc) is 2.83. The summed E-state index contributed by atoms with van der Waals surface area (Å²) in [5.74, 6) is -0.0884. The van der Waals surface area contributed by atoms with Gasteiger partial charge in [0.2, 0.25) is 0 Å². The molecular weight excluding hydrogens is 216 g/mol. The van der Waals surface area contributed by atoms with E-state index in [1.807, 2.05) is 0 Å². The highest BCUT2D eigenvalue weighted by atomic mass is 16.5. The van der Waals surface area contributed by atoms with Gasteiger partial charge in [0.1, 0.15) is 5.54 Å². The summed E-state index contributed by atoms with van der Waals surface area (Å²) in [6.45, 7) is 8.29. The van der Waals surface area contributed by atoms with E-state index in [4.69, 9.17) is 4.74 Å². The number of carbonyl (C=O) groups excluding carboxylic acids is 1. The molecule has 1 fully saturated rings. The monoisotopic (exact) mass is 242 g/mol. The maximum atomic E-state index is 11.9. The zero-order valence-electron chi connectivity index (χ0n) is 11.4. The first-order valence-electron chi connectivity index (χ1n) is 6.74. The first-order valence-corrected chi connectivity index (χ1v) is 6.74. The van der Waals surface area contributed by atoms with Crippen molar-refractivity contribution in [2.24, 2.45) is 0 Å². The van der Waals surface area contributed by atoms with E-state index < -0.39 is 5.54 Å². The van der Waals surface area contributed by atoms with Gasteiger partial charge < -0.3 is 15.0 Å². The maximum absolute atomic E-state index is 11.9. The number of nitrogens with one attached hydrogen (secondary N) is 1. The van der Waals surface area contributed by atoms with Crippen LogP contribution in [-0.4, -0.2) is 49.7 Å². The molecule has 0 aromatic heterocycles. The molecule has 0 amide bonds. The van der Waals surface area contributed by atoms with Crippen molar-refractivity contribution in [2.45, 2.75) is 45.1 Å². The van der Waals surface area contributed by atoms with Crippen LogP contribution in [-0.2, 0) is 9.53 Å². The molecule has 0 aromatic carbocycles. The molecule has 0 unspecified atom stereocenters. The van der Waals surface area contributed by atoms with Gasteiger partial charge in [0.05, 0.1) is 7.11 Å². The normalized spacial score (nSPS) is 18.6. The number of ether oxygens (including phenoxy) is 1. The van der Waals surface area contributed by atoms with Crippen molar-refractivity contribution < 1.29 is 9.53 Å². The quantitative estimate of drug-likeness (QED) is 0.685. The number of nitrogens with zero attached hydrogens (tertiary/aromatic N) is 1. The van der Waals surface area contributed by atoms with E-state index in [2.05, 4.69) is 24.1 Å². The summed E-state index contributed by atoms with van der Waals surface area (Å²) < 4.78 is 4.93. The fraction of sp³-hybridized carbons (Fsp3) is 0.923. The summed E-state index contributed by atoms with van der Waals surface area (Å²) >= 11 is 0. The van der Waals surface area contributed by atoms with Crippen LogP contribution in [0.2, 0.25) is 0 Å². The van der Waals surface area contributed by atoms with Gasteiger partial charge in [-0.1, -0.05) is 26.7 Å². The van der Waals surface area contributed by atoms with Gasteiger partial charge >= 0.3 is 5.97 Å². The maximum Gasteiger partial charge on any atom is 0.326 e. The Morgan fingerprint density at radius 1 is 1.29 bits per heavy atom. The summed E-state index contributed by atoms with van der Waals surface area (Å²) in [7, 11) is 1.48. The molecule has 17 heavy (non-hydrogen) atoms. The van der Waals surface area contributed by atoms with E-state index in [1.54, 1.807) is 0 Å². The minimum atomic E-state index is -0.401.